The Kier molecular flexibility index (Phi) is 11.4. The number of nitrogens with zero attached hydrogens (tertiary/aromatic N) is 8. The fraction of sp³-hybridized carbons (Fsp3) is 0.0526. The van der Waals surface area contributed by atoms with Crippen LogP contribution in [-0.4, -0.2) is 46.9 Å². The van der Waals surface area contributed by atoms with Gasteiger partial charge in [-0.2, -0.15) is 20.7 Å². The molecule has 272 valence electrons. The lowest BCUT2D eigenvalue weighted by atomic mass is 10.1. The summed E-state index contributed by atoms with van der Waals surface area (Å²) in [7, 11) is 0. The van der Waals surface area contributed by atoms with Crippen LogP contribution < -0.4 is 11.1 Å². The molecule has 6 heterocycles. The molecule has 6 aromatic heterocycles. The smallest absolute Gasteiger partial charge is 0.358 e. The van der Waals surface area contributed by atoms with E-state index in [9.17, 15) is 9.59 Å². The van der Waals surface area contributed by atoms with Crippen LogP contribution in [0.15, 0.2) is 140 Å². The molecule has 0 atom stereocenters. The predicted octanol–water partition coefficient (Wildman–Crippen LogP) is 6.32. The molecule has 2 aromatic carbocycles. The monoisotopic (exact) mass is 736 g/mol. The van der Waals surface area contributed by atoms with Crippen LogP contribution in [0.2, 0.25) is 0 Å². The van der Waals surface area contributed by atoms with Crippen molar-refractivity contribution in [1.82, 2.24) is 29.9 Å². The lowest BCUT2D eigenvalue weighted by molar-refractivity contribution is 0.0685. The van der Waals surface area contributed by atoms with Gasteiger partial charge in [-0.15, -0.1) is 0 Å². The lowest BCUT2D eigenvalue weighted by Gasteiger charge is -2.02. The van der Waals surface area contributed by atoms with E-state index in [-0.39, 0.29) is 11.4 Å². The van der Waals surface area contributed by atoms with Crippen LogP contribution >= 0.6 is 0 Å². The number of nitrogens with one attached hydrogen (secondary N) is 1. The van der Waals surface area contributed by atoms with Crippen molar-refractivity contribution in [1.29, 1.82) is 10.5 Å². The molecular weight excluding hydrogens is 708 g/mol. The second-order valence-corrected chi connectivity index (χ2v) is 11.4. The number of carbonyl (C=O) groups is 2. The quantitative estimate of drug-likeness (QED) is 0.147. The van der Waals surface area contributed by atoms with Crippen LogP contribution in [0.5, 0.6) is 0 Å². The third kappa shape index (κ3) is 9.88. The van der Waals surface area contributed by atoms with Crippen molar-refractivity contribution in [3.8, 4) is 35.2 Å². The average Bonchev–Trinajstić information content (AvgIpc) is 4.04. The summed E-state index contributed by atoms with van der Waals surface area (Å²) in [6.45, 7) is 1.19. The van der Waals surface area contributed by atoms with E-state index in [1.54, 1.807) is 82.7 Å². The molecule has 0 radical (unpaired) electrons. The first kappa shape index (κ1) is 36.4. The first-order chi connectivity index (χ1) is 26.8. The van der Waals surface area contributed by atoms with Gasteiger partial charge in [-0.25, -0.2) is 4.79 Å². The van der Waals surface area contributed by atoms with Crippen LogP contribution in [0, 0.1) is 22.7 Å². The lowest BCUT2D eigenvalue weighted by Crippen LogP contribution is -2.11. The third-order valence-electron chi connectivity index (χ3n) is 7.40. The number of furan rings is 2. The first-order valence-corrected chi connectivity index (χ1v) is 16.1. The second kappa shape index (κ2) is 17.2. The molecule has 8 rings (SSSR count). The van der Waals surface area contributed by atoms with Crippen molar-refractivity contribution in [3.63, 3.8) is 0 Å². The number of benzene rings is 2. The minimum atomic E-state index is -1.12. The summed E-state index contributed by atoms with van der Waals surface area (Å²) in [6.07, 6.45) is 9.64. The largest absolute Gasteiger partial charge is 0.476 e. The topological polar surface area (TPSA) is 254 Å². The van der Waals surface area contributed by atoms with Gasteiger partial charge in [0.05, 0.1) is 72.6 Å². The molecule has 17 nitrogen and oxygen atoms in total. The van der Waals surface area contributed by atoms with Gasteiger partial charge in [0, 0.05) is 24.5 Å². The van der Waals surface area contributed by atoms with E-state index < -0.39 is 11.9 Å². The SMILES string of the molecule is N#Cc1ccc(Cn2cc(N)cn2)cc1.N#Cc1ccc(Cn2cc(NC(=O)c3cc(-c4ccco4)on3)cn2)cc1.O=C(O)c1cc(-c2ccco2)on1. The number of nitrogens with two attached hydrogens (primary N) is 1. The van der Waals surface area contributed by atoms with Crippen LogP contribution in [0.4, 0.5) is 11.4 Å². The number of aromatic carboxylic acids is 1. The van der Waals surface area contributed by atoms with Crippen molar-refractivity contribution in [2.75, 3.05) is 11.1 Å². The van der Waals surface area contributed by atoms with E-state index >= 15 is 0 Å². The molecule has 0 aliphatic rings. The van der Waals surface area contributed by atoms with Gasteiger partial charge in [0.1, 0.15) is 0 Å². The molecule has 17 heteroatoms. The van der Waals surface area contributed by atoms with Crippen molar-refractivity contribution >= 4 is 23.3 Å². The number of nitrogen functional groups attached to an aromatic ring is 1. The Morgan fingerprint density at radius 3 is 1.67 bits per heavy atom. The maximum Gasteiger partial charge on any atom is 0.358 e. The zero-order valence-electron chi connectivity index (χ0n) is 28.5. The number of hydrogen-bond acceptors (Lipinski definition) is 13. The molecule has 0 saturated carbocycles. The van der Waals surface area contributed by atoms with Crippen molar-refractivity contribution in [2.45, 2.75) is 13.1 Å². The molecule has 0 aliphatic heterocycles. The number of anilines is 2. The Bertz CT molecular complexity index is 2550. The highest BCUT2D eigenvalue weighted by Gasteiger charge is 2.16. The first-order valence-electron chi connectivity index (χ1n) is 16.1. The summed E-state index contributed by atoms with van der Waals surface area (Å²) in [5, 5.41) is 44.1. The third-order valence-corrected chi connectivity index (χ3v) is 7.40. The Balaban J connectivity index is 0.000000155. The number of carboxylic acid groups (broad SMARTS) is 1. The Hall–Kier alpha value is -8.44. The maximum absolute atomic E-state index is 12.3. The molecule has 0 aliphatic carbocycles. The highest BCUT2D eigenvalue weighted by molar-refractivity contribution is 6.03. The number of nitriles is 2. The average molecular weight is 737 g/mol. The molecule has 4 N–H and O–H groups in total. The summed E-state index contributed by atoms with van der Waals surface area (Å²) < 4.78 is 23.5. The van der Waals surface area contributed by atoms with E-state index in [2.05, 4.69) is 38.0 Å². The molecule has 0 spiro atoms. The molecule has 0 saturated heterocycles. The summed E-state index contributed by atoms with van der Waals surface area (Å²) >= 11 is 0. The molecule has 1 amide bonds. The van der Waals surface area contributed by atoms with Crippen LogP contribution in [0.1, 0.15) is 43.2 Å². The molecule has 0 unspecified atom stereocenters. The van der Waals surface area contributed by atoms with E-state index in [1.807, 2.05) is 24.3 Å². The fourth-order valence-electron chi connectivity index (χ4n) is 4.75. The molecule has 0 fully saturated rings. The summed E-state index contributed by atoms with van der Waals surface area (Å²) in [5.41, 5.74) is 10.1. The Morgan fingerprint density at radius 1 is 0.709 bits per heavy atom. The van der Waals surface area contributed by atoms with Gasteiger partial charge in [-0.1, -0.05) is 34.6 Å². The van der Waals surface area contributed by atoms with Crippen molar-refractivity contribution in [3.05, 3.63) is 156 Å². The standard InChI is InChI=1S/C19H13N5O3.C11H10N4.C8H5NO4/c20-9-13-3-5-14(6-4-13)11-24-12-15(10-21-24)22-19(25)16-8-18(27-23-16)17-2-1-7-26-17;12-5-9-1-3-10(4-2-9)7-15-8-11(13)6-14-15;10-8(11)5-4-7(13-9-5)6-2-1-3-12-6/h1-8,10,12H,11H2,(H,22,25);1-4,6,8H,7,13H2;1-4H,(H,10,11). The van der Waals surface area contributed by atoms with E-state index in [0.29, 0.717) is 58.6 Å². The number of aromatic nitrogens is 6. The minimum Gasteiger partial charge on any atom is -0.476 e. The zero-order chi connectivity index (χ0) is 38.6. The Morgan fingerprint density at radius 2 is 1.22 bits per heavy atom. The normalized spacial score (nSPS) is 10.2. The molecular formula is C38H28N10O7. The van der Waals surface area contributed by atoms with Gasteiger partial charge >= 0.3 is 5.97 Å². The van der Waals surface area contributed by atoms with Gasteiger partial charge in [-0.05, 0) is 59.7 Å². The number of carbonyl (C=O) groups excluding carboxylic acids is 1. The molecule has 0 bridgehead atoms. The van der Waals surface area contributed by atoms with Gasteiger partial charge in [-0.3, -0.25) is 14.2 Å². The molecule has 55 heavy (non-hydrogen) atoms. The van der Waals surface area contributed by atoms with Crippen LogP contribution in [0.3, 0.4) is 0 Å². The van der Waals surface area contributed by atoms with Gasteiger partial charge in [0.15, 0.2) is 22.9 Å². The van der Waals surface area contributed by atoms with Crippen molar-refractivity contribution in [2.24, 2.45) is 0 Å². The number of amides is 1. The van der Waals surface area contributed by atoms with Crippen LogP contribution in [-0.2, 0) is 13.1 Å². The maximum atomic E-state index is 12.3. The van der Waals surface area contributed by atoms with E-state index in [4.69, 9.17) is 39.2 Å². The van der Waals surface area contributed by atoms with Gasteiger partial charge < -0.3 is 34.0 Å². The summed E-state index contributed by atoms with van der Waals surface area (Å²) in [4.78, 5) is 22.7. The predicted molar refractivity (Wildman–Crippen MR) is 193 cm³/mol. The molecule has 8 aromatic rings. The highest BCUT2D eigenvalue weighted by atomic mass is 16.5. The van der Waals surface area contributed by atoms with Gasteiger partial charge in [0.25, 0.3) is 5.91 Å². The second-order valence-electron chi connectivity index (χ2n) is 11.4. The summed E-state index contributed by atoms with van der Waals surface area (Å²) in [5.74, 6) is 0.108. The number of carboxylic acids is 1. The van der Waals surface area contributed by atoms with Gasteiger partial charge in [0.2, 0.25) is 11.5 Å². The van der Waals surface area contributed by atoms with E-state index in [0.717, 1.165) is 11.1 Å². The minimum absolute atomic E-state index is 0.133. The van der Waals surface area contributed by atoms with E-state index in [1.165, 1.54) is 24.7 Å². The van der Waals surface area contributed by atoms with Crippen molar-refractivity contribution < 1.29 is 32.6 Å². The highest BCUT2D eigenvalue weighted by Crippen LogP contribution is 2.22. The van der Waals surface area contributed by atoms with Crippen LogP contribution in [0.25, 0.3) is 23.0 Å². The zero-order valence-corrected chi connectivity index (χ0v) is 28.5. The number of rotatable bonds is 9. The summed E-state index contributed by atoms with van der Waals surface area (Å²) in [6, 6.07) is 28.4. The Labute approximate surface area is 311 Å². The number of hydrogen-bond donors (Lipinski definition) is 3. The fourth-order valence-corrected chi connectivity index (χ4v) is 4.75.